The molecular weight excluding hydrogens is 220 g/mol. The molecule has 0 amide bonds. The first-order chi connectivity index (χ1) is 8.74. The van der Waals surface area contributed by atoms with Crippen molar-refractivity contribution in [2.75, 3.05) is 17.2 Å². The van der Waals surface area contributed by atoms with Crippen molar-refractivity contribution in [2.45, 2.75) is 13.3 Å². The lowest BCUT2D eigenvalue weighted by atomic mass is 9.93. The molecule has 18 heavy (non-hydrogen) atoms. The van der Waals surface area contributed by atoms with Crippen LogP contribution in [0.3, 0.4) is 0 Å². The van der Waals surface area contributed by atoms with Crippen molar-refractivity contribution < 1.29 is 0 Å². The average Bonchev–Trinajstić information content (AvgIpc) is 2.37. The molecule has 0 spiro atoms. The molecule has 1 aliphatic rings. The van der Waals surface area contributed by atoms with Gasteiger partial charge in [-0.15, -0.1) is 0 Å². The van der Waals surface area contributed by atoms with E-state index < -0.39 is 0 Å². The summed E-state index contributed by atoms with van der Waals surface area (Å²) in [5.41, 5.74) is 10.7. The quantitative estimate of drug-likeness (QED) is 0.769. The Labute approximate surface area is 108 Å². The molecular formula is C16H18N2. The van der Waals surface area contributed by atoms with E-state index in [-0.39, 0.29) is 0 Å². The van der Waals surface area contributed by atoms with Gasteiger partial charge in [0.25, 0.3) is 0 Å². The largest absolute Gasteiger partial charge is 0.399 e. The number of rotatable bonds is 1. The minimum atomic E-state index is 0.668. The van der Waals surface area contributed by atoms with Gasteiger partial charge >= 0.3 is 0 Å². The van der Waals surface area contributed by atoms with Crippen LogP contribution in [0.5, 0.6) is 0 Å². The lowest BCUT2D eigenvalue weighted by Crippen LogP contribution is -2.30. The smallest absolute Gasteiger partial charge is 0.0443 e. The highest BCUT2D eigenvalue weighted by Crippen LogP contribution is 2.35. The van der Waals surface area contributed by atoms with Gasteiger partial charge in [-0.3, -0.25) is 0 Å². The first kappa shape index (κ1) is 11.1. The van der Waals surface area contributed by atoms with Crippen LogP contribution in [-0.2, 0) is 6.42 Å². The number of nitrogen functional groups attached to an aromatic ring is 1. The molecule has 2 N–H and O–H groups in total. The highest BCUT2D eigenvalue weighted by atomic mass is 15.1. The molecule has 92 valence electrons. The monoisotopic (exact) mass is 238 g/mol. The molecule has 1 aliphatic heterocycles. The van der Waals surface area contributed by atoms with Gasteiger partial charge in [-0.2, -0.15) is 0 Å². The summed E-state index contributed by atoms with van der Waals surface area (Å²) in [6.07, 6.45) is 1.16. The summed E-state index contributed by atoms with van der Waals surface area (Å²) in [4.78, 5) is 2.37. The molecule has 1 unspecified atom stereocenters. The third kappa shape index (κ3) is 1.94. The fourth-order valence-electron chi connectivity index (χ4n) is 2.73. The first-order valence-electron chi connectivity index (χ1n) is 6.45. The molecule has 1 atom stereocenters. The van der Waals surface area contributed by atoms with Crippen molar-refractivity contribution in [2.24, 2.45) is 5.92 Å². The minimum Gasteiger partial charge on any atom is -0.399 e. The second-order valence-electron chi connectivity index (χ2n) is 5.14. The van der Waals surface area contributed by atoms with Gasteiger partial charge in [0, 0.05) is 23.6 Å². The number of nitrogens with two attached hydrogens (primary N) is 1. The second kappa shape index (κ2) is 4.37. The molecule has 0 saturated carbocycles. The molecule has 3 rings (SSSR count). The zero-order chi connectivity index (χ0) is 12.5. The number of nitrogens with zero attached hydrogens (tertiary/aromatic N) is 1. The summed E-state index contributed by atoms with van der Waals surface area (Å²) in [5.74, 6) is 0.668. The average molecular weight is 238 g/mol. The molecule has 1 heterocycles. The van der Waals surface area contributed by atoms with Crippen LogP contribution >= 0.6 is 0 Å². The molecule has 0 aliphatic carbocycles. The number of fused-ring (bicyclic) bond motifs is 1. The standard InChI is InChI=1S/C16H18N2/c1-12-9-13-5-2-3-8-16(13)18(11-12)15-7-4-6-14(17)10-15/h2-8,10,12H,9,11,17H2,1H3. The summed E-state index contributed by atoms with van der Waals surface area (Å²) < 4.78 is 0. The van der Waals surface area contributed by atoms with E-state index in [0.717, 1.165) is 18.7 Å². The van der Waals surface area contributed by atoms with Crippen LogP contribution in [-0.4, -0.2) is 6.54 Å². The zero-order valence-electron chi connectivity index (χ0n) is 10.6. The van der Waals surface area contributed by atoms with Crippen LogP contribution in [0.2, 0.25) is 0 Å². The topological polar surface area (TPSA) is 29.3 Å². The Bertz CT molecular complexity index is 563. The fraction of sp³-hybridized carbons (Fsp3) is 0.250. The van der Waals surface area contributed by atoms with Crippen LogP contribution in [0, 0.1) is 5.92 Å². The molecule has 2 aromatic carbocycles. The van der Waals surface area contributed by atoms with E-state index in [1.807, 2.05) is 12.1 Å². The Kier molecular flexibility index (Phi) is 2.71. The number of benzene rings is 2. The van der Waals surface area contributed by atoms with Gasteiger partial charge in [-0.05, 0) is 42.2 Å². The number of para-hydroxylation sites is 1. The van der Waals surface area contributed by atoms with Crippen molar-refractivity contribution in [3.05, 3.63) is 54.1 Å². The second-order valence-corrected chi connectivity index (χ2v) is 5.14. The number of hydrogen-bond acceptors (Lipinski definition) is 2. The van der Waals surface area contributed by atoms with Gasteiger partial charge in [0.05, 0.1) is 0 Å². The van der Waals surface area contributed by atoms with Crippen LogP contribution in [0.15, 0.2) is 48.5 Å². The van der Waals surface area contributed by atoms with Gasteiger partial charge in [-0.25, -0.2) is 0 Å². The van der Waals surface area contributed by atoms with Gasteiger partial charge in [0.15, 0.2) is 0 Å². The molecule has 2 nitrogen and oxygen atoms in total. The predicted molar refractivity (Wildman–Crippen MR) is 77.2 cm³/mol. The van der Waals surface area contributed by atoms with Crippen molar-refractivity contribution in [1.29, 1.82) is 0 Å². The number of hydrogen-bond donors (Lipinski definition) is 1. The van der Waals surface area contributed by atoms with E-state index in [0.29, 0.717) is 5.92 Å². The maximum atomic E-state index is 5.89. The maximum absolute atomic E-state index is 5.89. The van der Waals surface area contributed by atoms with E-state index in [1.165, 1.54) is 16.9 Å². The highest BCUT2D eigenvalue weighted by molar-refractivity contribution is 5.70. The van der Waals surface area contributed by atoms with Gasteiger partial charge < -0.3 is 10.6 Å². The Balaban J connectivity index is 2.07. The third-order valence-electron chi connectivity index (χ3n) is 3.53. The lowest BCUT2D eigenvalue weighted by molar-refractivity contribution is 0.562. The van der Waals surface area contributed by atoms with E-state index >= 15 is 0 Å². The van der Waals surface area contributed by atoms with Gasteiger partial charge in [0.1, 0.15) is 0 Å². The van der Waals surface area contributed by atoms with Gasteiger partial charge in [-0.1, -0.05) is 31.2 Å². The Morgan fingerprint density at radius 3 is 2.78 bits per heavy atom. The Morgan fingerprint density at radius 2 is 1.94 bits per heavy atom. The van der Waals surface area contributed by atoms with Crippen LogP contribution < -0.4 is 10.6 Å². The Morgan fingerprint density at radius 1 is 1.11 bits per heavy atom. The molecule has 0 aromatic heterocycles. The van der Waals surface area contributed by atoms with Crippen LogP contribution in [0.25, 0.3) is 0 Å². The Hall–Kier alpha value is -1.96. The molecule has 0 bridgehead atoms. The van der Waals surface area contributed by atoms with Gasteiger partial charge in [0.2, 0.25) is 0 Å². The number of anilines is 3. The summed E-state index contributed by atoms with van der Waals surface area (Å²) >= 11 is 0. The zero-order valence-corrected chi connectivity index (χ0v) is 10.6. The van der Waals surface area contributed by atoms with Crippen molar-refractivity contribution >= 4 is 17.1 Å². The van der Waals surface area contributed by atoms with E-state index in [1.54, 1.807) is 0 Å². The molecule has 2 heteroatoms. The van der Waals surface area contributed by atoms with Crippen LogP contribution in [0.4, 0.5) is 17.1 Å². The molecule has 0 radical (unpaired) electrons. The summed E-state index contributed by atoms with van der Waals surface area (Å²) in [6, 6.07) is 16.8. The summed E-state index contributed by atoms with van der Waals surface area (Å²) in [6.45, 7) is 3.36. The van der Waals surface area contributed by atoms with E-state index in [9.17, 15) is 0 Å². The molecule has 0 fully saturated rings. The molecule has 0 saturated heterocycles. The predicted octanol–water partition coefficient (Wildman–Crippen LogP) is 3.60. The fourth-order valence-corrected chi connectivity index (χ4v) is 2.73. The maximum Gasteiger partial charge on any atom is 0.0443 e. The van der Waals surface area contributed by atoms with Crippen molar-refractivity contribution in [1.82, 2.24) is 0 Å². The van der Waals surface area contributed by atoms with Crippen molar-refractivity contribution in [3.63, 3.8) is 0 Å². The van der Waals surface area contributed by atoms with E-state index in [2.05, 4.69) is 48.2 Å². The van der Waals surface area contributed by atoms with E-state index in [4.69, 9.17) is 5.73 Å². The first-order valence-corrected chi connectivity index (χ1v) is 6.45. The summed E-state index contributed by atoms with van der Waals surface area (Å²) in [5, 5.41) is 0. The summed E-state index contributed by atoms with van der Waals surface area (Å²) in [7, 11) is 0. The molecule has 2 aromatic rings. The third-order valence-corrected chi connectivity index (χ3v) is 3.53. The van der Waals surface area contributed by atoms with Crippen LogP contribution in [0.1, 0.15) is 12.5 Å². The highest BCUT2D eigenvalue weighted by Gasteiger charge is 2.22. The lowest BCUT2D eigenvalue weighted by Gasteiger charge is -2.35. The minimum absolute atomic E-state index is 0.668. The van der Waals surface area contributed by atoms with Crippen molar-refractivity contribution in [3.8, 4) is 0 Å². The SMILES string of the molecule is CC1Cc2ccccc2N(c2cccc(N)c2)C1. The normalized spacial score (nSPS) is 18.5.